The number of ether oxygens (including phenoxy) is 3. The highest BCUT2D eigenvalue weighted by molar-refractivity contribution is 5.87. The Balaban J connectivity index is 1.71. The van der Waals surface area contributed by atoms with Crippen molar-refractivity contribution in [3.05, 3.63) is 47.8 Å². The Hall–Kier alpha value is -3.55. The van der Waals surface area contributed by atoms with Crippen molar-refractivity contribution < 1.29 is 19.0 Å². The normalized spacial score (nSPS) is 11.0. The van der Waals surface area contributed by atoms with Crippen LogP contribution in [-0.4, -0.2) is 43.0 Å². The minimum atomic E-state index is -0.269. The molecule has 1 aromatic heterocycles. The molecule has 0 aliphatic heterocycles. The summed E-state index contributed by atoms with van der Waals surface area (Å²) in [6.07, 6.45) is 1.61. The summed E-state index contributed by atoms with van der Waals surface area (Å²) < 4.78 is 17.8. The molecule has 0 atom stereocenters. The van der Waals surface area contributed by atoms with Crippen molar-refractivity contribution in [1.29, 1.82) is 0 Å². The molecular formula is C20H22N4O4. The van der Waals surface area contributed by atoms with E-state index in [0.717, 1.165) is 11.0 Å². The highest BCUT2D eigenvalue weighted by atomic mass is 16.5. The molecule has 3 rings (SSSR count). The van der Waals surface area contributed by atoms with Crippen molar-refractivity contribution in [3.8, 4) is 17.2 Å². The maximum absolute atomic E-state index is 12.3. The molecule has 1 heterocycles. The molecule has 146 valence electrons. The lowest BCUT2D eigenvalue weighted by atomic mass is 10.2. The fraction of sp³-hybridized carbons (Fsp3) is 0.250. The molecule has 0 saturated heterocycles. The average molecular weight is 382 g/mol. The maximum Gasteiger partial charge on any atom is 0.247 e. The quantitative estimate of drug-likeness (QED) is 0.500. The van der Waals surface area contributed by atoms with Gasteiger partial charge in [-0.05, 0) is 18.2 Å². The van der Waals surface area contributed by atoms with Crippen LogP contribution in [0.2, 0.25) is 0 Å². The third-order valence-electron chi connectivity index (χ3n) is 4.33. The number of nitrogens with zero attached hydrogens (tertiary/aromatic N) is 3. The van der Waals surface area contributed by atoms with Gasteiger partial charge in [-0.1, -0.05) is 12.1 Å². The van der Waals surface area contributed by atoms with Gasteiger partial charge in [0.1, 0.15) is 11.6 Å². The molecule has 0 saturated carbocycles. The van der Waals surface area contributed by atoms with E-state index in [1.807, 2.05) is 35.9 Å². The van der Waals surface area contributed by atoms with Gasteiger partial charge in [0.05, 0.1) is 45.0 Å². The predicted octanol–water partition coefficient (Wildman–Crippen LogP) is 2.29. The van der Waals surface area contributed by atoms with Gasteiger partial charge in [0.15, 0.2) is 11.5 Å². The van der Waals surface area contributed by atoms with E-state index >= 15 is 0 Å². The van der Waals surface area contributed by atoms with E-state index in [9.17, 15) is 4.79 Å². The minimum Gasteiger partial charge on any atom is -0.496 e. The van der Waals surface area contributed by atoms with E-state index < -0.39 is 0 Å². The van der Waals surface area contributed by atoms with Gasteiger partial charge in [-0.3, -0.25) is 4.79 Å². The standard InChI is InChI=1S/C20H22N4O4/c1-24-15-8-6-5-7-14(15)22-19(24)11-20(25)23-21-12-13-9-17(27-3)18(28-4)10-16(13)26-2/h5-10,12H,11H2,1-4H3,(H,23,25)/b21-12+. The van der Waals surface area contributed by atoms with Gasteiger partial charge < -0.3 is 18.8 Å². The second-order valence-corrected chi connectivity index (χ2v) is 5.99. The number of hydrazone groups is 1. The van der Waals surface area contributed by atoms with E-state index in [2.05, 4.69) is 15.5 Å². The van der Waals surface area contributed by atoms with Crippen molar-refractivity contribution >= 4 is 23.2 Å². The average Bonchev–Trinajstić information content (AvgIpc) is 3.03. The molecular weight excluding hydrogens is 360 g/mol. The number of hydrogen-bond acceptors (Lipinski definition) is 6. The second kappa shape index (κ2) is 8.43. The van der Waals surface area contributed by atoms with Crippen LogP contribution >= 0.6 is 0 Å². The monoisotopic (exact) mass is 382 g/mol. The van der Waals surface area contributed by atoms with E-state index in [1.54, 1.807) is 33.5 Å². The Morgan fingerprint density at radius 3 is 2.46 bits per heavy atom. The molecule has 0 bridgehead atoms. The summed E-state index contributed by atoms with van der Waals surface area (Å²) in [6, 6.07) is 11.2. The van der Waals surface area contributed by atoms with Crippen molar-refractivity contribution in [2.45, 2.75) is 6.42 Å². The zero-order chi connectivity index (χ0) is 20.1. The molecule has 0 aliphatic carbocycles. The SMILES string of the molecule is COc1cc(OC)c(OC)cc1/C=N/NC(=O)Cc1nc2ccccc2n1C. The van der Waals surface area contributed by atoms with Gasteiger partial charge in [-0.25, -0.2) is 10.4 Å². The fourth-order valence-electron chi connectivity index (χ4n) is 2.86. The lowest BCUT2D eigenvalue weighted by Crippen LogP contribution is -2.21. The van der Waals surface area contributed by atoms with Crippen LogP contribution in [0.15, 0.2) is 41.5 Å². The lowest BCUT2D eigenvalue weighted by molar-refractivity contribution is -0.120. The van der Waals surface area contributed by atoms with Crippen LogP contribution in [0.4, 0.5) is 0 Å². The van der Waals surface area contributed by atoms with Gasteiger partial charge in [-0.2, -0.15) is 5.10 Å². The number of nitrogens with one attached hydrogen (secondary N) is 1. The number of imidazole rings is 1. The van der Waals surface area contributed by atoms with Crippen molar-refractivity contribution in [2.24, 2.45) is 12.1 Å². The summed E-state index contributed by atoms with van der Waals surface area (Å²) in [5, 5.41) is 4.02. The highest BCUT2D eigenvalue weighted by Crippen LogP contribution is 2.33. The Morgan fingerprint density at radius 2 is 1.79 bits per heavy atom. The van der Waals surface area contributed by atoms with Crippen LogP contribution < -0.4 is 19.6 Å². The lowest BCUT2D eigenvalue weighted by Gasteiger charge is -2.11. The Bertz CT molecular complexity index is 1030. The molecule has 0 spiro atoms. The number of rotatable bonds is 7. The van der Waals surface area contributed by atoms with Crippen LogP contribution in [0.1, 0.15) is 11.4 Å². The number of amides is 1. The van der Waals surface area contributed by atoms with E-state index in [-0.39, 0.29) is 12.3 Å². The first-order valence-electron chi connectivity index (χ1n) is 8.59. The molecule has 0 unspecified atom stereocenters. The Morgan fingerprint density at radius 1 is 1.11 bits per heavy atom. The number of fused-ring (bicyclic) bond motifs is 1. The van der Waals surface area contributed by atoms with E-state index in [0.29, 0.717) is 28.6 Å². The Kier molecular flexibility index (Phi) is 5.78. The summed E-state index contributed by atoms with van der Waals surface area (Å²) >= 11 is 0. The molecule has 1 N–H and O–H groups in total. The summed E-state index contributed by atoms with van der Waals surface area (Å²) in [4.78, 5) is 16.7. The van der Waals surface area contributed by atoms with Crippen LogP contribution in [0.3, 0.4) is 0 Å². The number of para-hydroxylation sites is 2. The number of aromatic nitrogens is 2. The molecule has 3 aromatic rings. The van der Waals surface area contributed by atoms with Crippen LogP contribution in [0.25, 0.3) is 11.0 Å². The molecule has 28 heavy (non-hydrogen) atoms. The smallest absolute Gasteiger partial charge is 0.247 e. The predicted molar refractivity (Wildman–Crippen MR) is 106 cm³/mol. The molecule has 8 nitrogen and oxygen atoms in total. The number of carbonyl (C=O) groups is 1. The van der Waals surface area contributed by atoms with Gasteiger partial charge in [0, 0.05) is 18.7 Å². The fourth-order valence-corrected chi connectivity index (χ4v) is 2.86. The Labute approximate surface area is 162 Å². The largest absolute Gasteiger partial charge is 0.496 e. The summed E-state index contributed by atoms with van der Waals surface area (Å²) in [5.41, 5.74) is 4.99. The number of hydrogen-bond donors (Lipinski definition) is 1. The zero-order valence-electron chi connectivity index (χ0n) is 16.2. The summed E-state index contributed by atoms with van der Waals surface area (Å²) in [5.74, 6) is 2.02. The van der Waals surface area contributed by atoms with Crippen molar-refractivity contribution in [2.75, 3.05) is 21.3 Å². The topological polar surface area (TPSA) is 87.0 Å². The summed E-state index contributed by atoms with van der Waals surface area (Å²) in [7, 11) is 6.52. The first-order valence-corrected chi connectivity index (χ1v) is 8.59. The highest BCUT2D eigenvalue weighted by Gasteiger charge is 2.12. The van der Waals surface area contributed by atoms with Crippen LogP contribution in [-0.2, 0) is 18.3 Å². The number of benzene rings is 2. The molecule has 2 aromatic carbocycles. The number of carbonyl (C=O) groups excluding carboxylic acids is 1. The zero-order valence-corrected chi connectivity index (χ0v) is 16.2. The molecule has 0 radical (unpaired) electrons. The van der Waals surface area contributed by atoms with Crippen LogP contribution in [0.5, 0.6) is 17.2 Å². The van der Waals surface area contributed by atoms with E-state index in [1.165, 1.54) is 6.21 Å². The molecule has 0 aliphatic rings. The summed E-state index contributed by atoms with van der Waals surface area (Å²) in [6.45, 7) is 0. The van der Waals surface area contributed by atoms with Gasteiger partial charge in [0.25, 0.3) is 0 Å². The van der Waals surface area contributed by atoms with Gasteiger partial charge in [-0.15, -0.1) is 0 Å². The number of aryl methyl sites for hydroxylation is 1. The van der Waals surface area contributed by atoms with Gasteiger partial charge in [0.2, 0.25) is 5.91 Å². The minimum absolute atomic E-state index is 0.117. The third kappa shape index (κ3) is 3.90. The van der Waals surface area contributed by atoms with E-state index in [4.69, 9.17) is 14.2 Å². The first kappa shape index (κ1) is 19.2. The molecule has 0 fully saturated rings. The van der Waals surface area contributed by atoms with Crippen LogP contribution in [0, 0.1) is 0 Å². The first-order chi connectivity index (χ1) is 13.6. The maximum atomic E-state index is 12.3. The number of methoxy groups -OCH3 is 3. The van der Waals surface area contributed by atoms with Crippen molar-refractivity contribution in [1.82, 2.24) is 15.0 Å². The molecule has 8 heteroatoms. The van der Waals surface area contributed by atoms with Crippen molar-refractivity contribution in [3.63, 3.8) is 0 Å². The second-order valence-electron chi connectivity index (χ2n) is 5.99. The van der Waals surface area contributed by atoms with Gasteiger partial charge >= 0.3 is 0 Å². The molecule has 1 amide bonds. The third-order valence-corrected chi connectivity index (χ3v) is 4.33.